The zero-order valence-electron chi connectivity index (χ0n) is 16.9. The smallest absolute Gasteiger partial charge is 0.154 e. The third-order valence-electron chi connectivity index (χ3n) is 5.12. The molecule has 2 aromatic heterocycles. The van der Waals surface area contributed by atoms with Crippen molar-refractivity contribution in [3.8, 4) is 17.3 Å². The zero-order chi connectivity index (χ0) is 24.6. The van der Waals surface area contributed by atoms with Gasteiger partial charge in [0.2, 0.25) is 0 Å². The van der Waals surface area contributed by atoms with Crippen LogP contribution in [0.15, 0.2) is 40.0 Å². The molecule has 1 aliphatic heterocycles. The minimum atomic E-state index is -1.38. The van der Waals surface area contributed by atoms with Crippen LogP contribution in [0, 0.1) is 23.0 Å². The molecule has 1 fully saturated rings. The SMILES string of the molecule is N#Cc1ncc(SC2OC(CO)C(O)C(n3cc(-c4cc(F)c(Cl)c(F)c4)nn3)C2O)cc1Br. The van der Waals surface area contributed by atoms with Gasteiger partial charge in [-0.1, -0.05) is 28.6 Å². The molecule has 3 aromatic rings. The maximum atomic E-state index is 13.9. The first kappa shape index (κ1) is 24.9. The van der Waals surface area contributed by atoms with Crippen LogP contribution in [-0.4, -0.2) is 65.7 Å². The second-order valence-corrected chi connectivity index (χ2v) is 9.67. The largest absolute Gasteiger partial charge is 0.394 e. The van der Waals surface area contributed by atoms with E-state index in [0.717, 1.165) is 28.6 Å². The van der Waals surface area contributed by atoms with Gasteiger partial charge in [0.25, 0.3) is 0 Å². The molecule has 34 heavy (non-hydrogen) atoms. The van der Waals surface area contributed by atoms with Crippen LogP contribution in [0.4, 0.5) is 8.78 Å². The van der Waals surface area contributed by atoms with E-state index in [1.165, 1.54) is 12.4 Å². The van der Waals surface area contributed by atoms with E-state index < -0.39 is 53.1 Å². The van der Waals surface area contributed by atoms with E-state index in [1.54, 1.807) is 6.07 Å². The molecule has 14 heteroatoms. The van der Waals surface area contributed by atoms with Gasteiger partial charge >= 0.3 is 0 Å². The monoisotopic (exact) mass is 573 g/mol. The molecule has 3 N–H and O–H groups in total. The number of halogens is 4. The molecule has 1 aliphatic rings. The van der Waals surface area contributed by atoms with Crippen molar-refractivity contribution in [3.05, 3.63) is 57.4 Å². The number of aliphatic hydroxyl groups excluding tert-OH is 3. The third-order valence-corrected chi connectivity index (χ3v) is 7.20. The summed E-state index contributed by atoms with van der Waals surface area (Å²) in [7, 11) is 0. The summed E-state index contributed by atoms with van der Waals surface area (Å²) in [5.41, 5.74) is -0.656. The highest BCUT2D eigenvalue weighted by molar-refractivity contribution is 9.10. The number of nitrogens with zero attached hydrogens (tertiary/aromatic N) is 5. The van der Waals surface area contributed by atoms with Gasteiger partial charge in [-0.2, -0.15) is 5.26 Å². The topological polar surface area (TPSA) is 137 Å². The standard InChI is InChI=1S/C20H15BrClF2N5O4S/c21-10-3-9(5-26-13(10)4-25)34-20-19(32)17(18(31)15(7-30)33-20)29-6-14(27-28-29)8-1-11(23)16(22)12(24)2-8/h1-3,5-6,15,17-20,30-32H,7H2. The Morgan fingerprint density at radius 1 is 1.24 bits per heavy atom. The summed E-state index contributed by atoms with van der Waals surface area (Å²) in [6, 6.07) is 4.41. The maximum Gasteiger partial charge on any atom is 0.154 e. The summed E-state index contributed by atoms with van der Waals surface area (Å²) in [4.78, 5) is 4.56. The van der Waals surface area contributed by atoms with Crippen molar-refractivity contribution in [1.82, 2.24) is 20.0 Å². The van der Waals surface area contributed by atoms with Gasteiger partial charge in [0.05, 0.1) is 17.3 Å². The first-order valence-electron chi connectivity index (χ1n) is 9.65. The first-order valence-corrected chi connectivity index (χ1v) is 11.7. The Morgan fingerprint density at radius 2 is 1.94 bits per heavy atom. The minimum Gasteiger partial charge on any atom is -0.394 e. The van der Waals surface area contributed by atoms with Crippen molar-refractivity contribution in [2.24, 2.45) is 0 Å². The van der Waals surface area contributed by atoms with Gasteiger partial charge in [-0.15, -0.1) is 5.10 Å². The number of aliphatic hydroxyl groups is 3. The Kier molecular flexibility index (Phi) is 7.48. The molecule has 1 saturated heterocycles. The number of benzene rings is 1. The number of thioether (sulfide) groups is 1. The Morgan fingerprint density at radius 3 is 2.56 bits per heavy atom. The van der Waals surface area contributed by atoms with Crippen LogP contribution in [0.3, 0.4) is 0 Å². The van der Waals surface area contributed by atoms with E-state index in [-0.39, 0.29) is 17.0 Å². The summed E-state index contributed by atoms with van der Waals surface area (Å²) in [5, 5.41) is 47.6. The van der Waals surface area contributed by atoms with Gasteiger partial charge in [0.1, 0.15) is 58.2 Å². The molecule has 5 atom stereocenters. The van der Waals surface area contributed by atoms with Crippen LogP contribution in [0.5, 0.6) is 0 Å². The third kappa shape index (κ3) is 4.80. The van der Waals surface area contributed by atoms with Gasteiger partial charge < -0.3 is 20.1 Å². The summed E-state index contributed by atoms with van der Waals surface area (Å²) >= 11 is 9.83. The van der Waals surface area contributed by atoms with Crippen molar-refractivity contribution < 1.29 is 28.8 Å². The lowest BCUT2D eigenvalue weighted by atomic mass is 9.97. The van der Waals surface area contributed by atoms with Crippen LogP contribution in [-0.2, 0) is 4.74 Å². The Hall–Kier alpha value is -2.18. The molecule has 0 spiro atoms. The quantitative estimate of drug-likeness (QED) is 0.393. The van der Waals surface area contributed by atoms with Gasteiger partial charge in [-0.3, -0.25) is 0 Å². The zero-order valence-corrected chi connectivity index (χ0v) is 20.0. The van der Waals surface area contributed by atoms with Crippen molar-refractivity contribution >= 4 is 39.3 Å². The highest BCUT2D eigenvalue weighted by Crippen LogP contribution is 2.39. The van der Waals surface area contributed by atoms with Gasteiger partial charge in [0, 0.05) is 16.7 Å². The average Bonchev–Trinajstić information content (AvgIpc) is 3.29. The molecular formula is C20H15BrClF2N5O4S. The minimum absolute atomic E-state index is 0.0554. The summed E-state index contributed by atoms with van der Waals surface area (Å²) in [6.07, 6.45) is -1.06. The lowest BCUT2D eigenvalue weighted by Gasteiger charge is -2.41. The molecule has 9 nitrogen and oxygen atoms in total. The first-order chi connectivity index (χ1) is 16.2. The Bertz CT molecular complexity index is 1240. The summed E-state index contributed by atoms with van der Waals surface area (Å²) in [5.74, 6) is -1.95. The number of nitriles is 1. The normalized spacial score (nSPS) is 24.7. The fourth-order valence-electron chi connectivity index (χ4n) is 3.44. The van der Waals surface area contributed by atoms with Gasteiger partial charge in [0.15, 0.2) is 5.69 Å². The predicted molar refractivity (Wildman–Crippen MR) is 120 cm³/mol. The van der Waals surface area contributed by atoms with Crippen molar-refractivity contribution in [2.75, 3.05) is 6.61 Å². The molecule has 0 radical (unpaired) electrons. The van der Waals surface area contributed by atoms with Crippen molar-refractivity contribution in [2.45, 2.75) is 34.7 Å². The summed E-state index contributed by atoms with van der Waals surface area (Å²) < 4.78 is 35.0. The summed E-state index contributed by atoms with van der Waals surface area (Å²) in [6.45, 7) is -0.550. The highest BCUT2D eigenvalue weighted by Gasteiger charge is 2.46. The molecular weight excluding hydrogens is 560 g/mol. The molecule has 0 saturated carbocycles. The highest BCUT2D eigenvalue weighted by atomic mass is 79.9. The van der Waals surface area contributed by atoms with Crippen molar-refractivity contribution in [1.29, 1.82) is 5.26 Å². The fourth-order valence-corrected chi connectivity index (χ4v) is 5.20. The van der Waals surface area contributed by atoms with Crippen LogP contribution in [0.1, 0.15) is 11.7 Å². The Balaban J connectivity index is 1.63. The predicted octanol–water partition coefficient (Wildman–Crippen LogP) is 2.68. The number of hydrogen-bond donors (Lipinski definition) is 3. The van der Waals surface area contributed by atoms with E-state index in [4.69, 9.17) is 21.6 Å². The molecule has 4 rings (SSSR count). The van der Waals surface area contributed by atoms with E-state index in [0.29, 0.717) is 9.37 Å². The lowest BCUT2D eigenvalue weighted by molar-refractivity contribution is -0.178. The Labute approximate surface area is 209 Å². The second-order valence-electron chi connectivity index (χ2n) is 7.27. The second kappa shape index (κ2) is 10.2. The molecule has 0 bridgehead atoms. The number of rotatable bonds is 5. The van der Waals surface area contributed by atoms with E-state index >= 15 is 0 Å². The lowest BCUT2D eigenvalue weighted by Crippen LogP contribution is -2.55. The van der Waals surface area contributed by atoms with Gasteiger partial charge in [-0.05, 0) is 34.1 Å². The average molecular weight is 575 g/mol. The van der Waals surface area contributed by atoms with Crippen LogP contribution in [0.25, 0.3) is 11.3 Å². The number of aromatic nitrogens is 4. The van der Waals surface area contributed by atoms with Crippen LogP contribution >= 0.6 is 39.3 Å². The van der Waals surface area contributed by atoms with Gasteiger partial charge in [-0.25, -0.2) is 18.4 Å². The fraction of sp³-hybridized carbons (Fsp3) is 0.300. The molecule has 0 aliphatic carbocycles. The molecule has 5 unspecified atom stereocenters. The van der Waals surface area contributed by atoms with Crippen molar-refractivity contribution in [3.63, 3.8) is 0 Å². The van der Waals surface area contributed by atoms with E-state index in [2.05, 4.69) is 31.2 Å². The van der Waals surface area contributed by atoms with E-state index in [1.807, 2.05) is 6.07 Å². The van der Waals surface area contributed by atoms with Crippen LogP contribution < -0.4 is 0 Å². The molecule has 3 heterocycles. The number of ether oxygens (including phenoxy) is 1. The van der Waals surface area contributed by atoms with E-state index in [9.17, 15) is 24.1 Å². The number of hydrogen-bond acceptors (Lipinski definition) is 9. The maximum absolute atomic E-state index is 13.9. The molecule has 178 valence electrons. The number of pyridine rings is 1. The van der Waals surface area contributed by atoms with Crippen LogP contribution in [0.2, 0.25) is 5.02 Å². The molecule has 1 aromatic carbocycles. The molecule has 0 amide bonds.